The summed E-state index contributed by atoms with van der Waals surface area (Å²) in [6.45, 7) is 8.79. The Kier molecular flexibility index (Phi) is 6.82. The Hall–Kier alpha value is -2.57. The first-order valence-corrected chi connectivity index (χ1v) is 9.23. The highest BCUT2D eigenvalue weighted by molar-refractivity contribution is 5.86. The van der Waals surface area contributed by atoms with Crippen molar-refractivity contribution in [1.29, 1.82) is 0 Å². The lowest BCUT2D eigenvalue weighted by molar-refractivity contribution is -0.139. The summed E-state index contributed by atoms with van der Waals surface area (Å²) in [5.74, 6) is -0.150. The molecule has 0 aromatic heterocycles. The van der Waals surface area contributed by atoms with Gasteiger partial charge in [-0.25, -0.2) is 4.79 Å². The third-order valence-corrected chi connectivity index (χ3v) is 4.31. The first-order valence-electron chi connectivity index (χ1n) is 9.23. The average molecular weight is 375 g/mol. The lowest BCUT2D eigenvalue weighted by atomic mass is 10.0. The molecule has 2 rings (SSSR count). The maximum absolute atomic E-state index is 13.0. The molecule has 148 valence electrons. The van der Waals surface area contributed by atoms with Crippen LogP contribution in [0, 0.1) is 0 Å². The van der Waals surface area contributed by atoms with Gasteiger partial charge in [-0.05, 0) is 26.3 Å². The third-order valence-electron chi connectivity index (χ3n) is 4.31. The number of benzene rings is 1. The molecular formula is C20H29N3O4. The van der Waals surface area contributed by atoms with Crippen molar-refractivity contribution in [3.63, 3.8) is 0 Å². The van der Waals surface area contributed by atoms with Crippen molar-refractivity contribution in [1.82, 2.24) is 15.1 Å². The summed E-state index contributed by atoms with van der Waals surface area (Å²) in [6.07, 6.45) is -0.231. The van der Waals surface area contributed by atoms with Crippen molar-refractivity contribution < 1.29 is 19.1 Å². The molecule has 1 aromatic rings. The molecule has 1 aliphatic heterocycles. The van der Waals surface area contributed by atoms with E-state index in [0.717, 1.165) is 5.56 Å². The molecule has 1 fully saturated rings. The highest BCUT2D eigenvalue weighted by atomic mass is 16.6. The second-order valence-corrected chi connectivity index (χ2v) is 7.72. The second kappa shape index (κ2) is 8.88. The van der Waals surface area contributed by atoms with Crippen LogP contribution < -0.4 is 5.32 Å². The molecular weight excluding hydrogens is 346 g/mol. The molecule has 7 nitrogen and oxygen atoms in total. The Morgan fingerprint density at radius 3 is 2.11 bits per heavy atom. The van der Waals surface area contributed by atoms with E-state index < -0.39 is 17.7 Å². The van der Waals surface area contributed by atoms with E-state index in [-0.39, 0.29) is 11.8 Å². The standard InChI is InChI=1S/C20H29N3O4/c1-15(24)22-10-12-23(13-11-22)18(25)17(14-16-8-6-5-7-9-16)21-19(26)27-20(2,3)4/h5-9,17H,10-14H2,1-4H3,(H,21,26). The first-order chi connectivity index (χ1) is 12.7. The molecule has 0 aliphatic carbocycles. The van der Waals surface area contributed by atoms with E-state index in [9.17, 15) is 14.4 Å². The van der Waals surface area contributed by atoms with E-state index in [1.165, 1.54) is 6.92 Å². The van der Waals surface area contributed by atoms with Crippen molar-refractivity contribution in [2.24, 2.45) is 0 Å². The Bertz CT molecular complexity index is 662. The van der Waals surface area contributed by atoms with Crippen LogP contribution in [0.2, 0.25) is 0 Å². The van der Waals surface area contributed by atoms with Crippen molar-refractivity contribution in [3.05, 3.63) is 35.9 Å². The summed E-state index contributed by atoms with van der Waals surface area (Å²) in [5, 5.41) is 2.72. The van der Waals surface area contributed by atoms with Gasteiger partial charge in [0.25, 0.3) is 0 Å². The highest BCUT2D eigenvalue weighted by Crippen LogP contribution is 2.11. The number of nitrogens with one attached hydrogen (secondary N) is 1. The summed E-state index contributed by atoms with van der Waals surface area (Å²) < 4.78 is 5.32. The zero-order valence-electron chi connectivity index (χ0n) is 16.5. The molecule has 0 saturated carbocycles. The highest BCUT2D eigenvalue weighted by Gasteiger charge is 2.30. The lowest BCUT2D eigenvalue weighted by Crippen LogP contribution is -2.56. The predicted octanol–water partition coefficient (Wildman–Crippen LogP) is 1.81. The summed E-state index contributed by atoms with van der Waals surface area (Å²) in [7, 11) is 0. The predicted molar refractivity (Wildman–Crippen MR) is 102 cm³/mol. The van der Waals surface area contributed by atoms with Crippen LogP contribution in [0.1, 0.15) is 33.3 Å². The summed E-state index contributed by atoms with van der Waals surface area (Å²) in [4.78, 5) is 40.2. The molecule has 1 aliphatic rings. The Balaban J connectivity index is 2.07. The van der Waals surface area contributed by atoms with Gasteiger partial charge in [0.05, 0.1) is 0 Å². The number of ether oxygens (including phenoxy) is 1. The number of hydrogen-bond donors (Lipinski definition) is 1. The van der Waals surface area contributed by atoms with Gasteiger partial charge < -0.3 is 19.9 Å². The molecule has 1 aromatic carbocycles. The number of nitrogens with zero attached hydrogens (tertiary/aromatic N) is 2. The van der Waals surface area contributed by atoms with Crippen LogP contribution in [0.5, 0.6) is 0 Å². The molecule has 1 atom stereocenters. The minimum Gasteiger partial charge on any atom is -0.444 e. The maximum atomic E-state index is 13.0. The summed E-state index contributed by atoms with van der Waals surface area (Å²) >= 11 is 0. The van der Waals surface area contributed by atoms with Gasteiger partial charge in [-0.2, -0.15) is 0 Å². The van der Waals surface area contributed by atoms with Crippen LogP contribution in [0.3, 0.4) is 0 Å². The van der Waals surface area contributed by atoms with Crippen LogP contribution >= 0.6 is 0 Å². The Morgan fingerprint density at radius 2 is 1.59 bits per heavy atom. The number of carbonyl (C=O) groups is 3. The van der Waals surface area contributed by atoms with Gasteiger partial charge >= 0.3 is 6.09 Å². The SMILES string of the molecule is CC(=O)N1CCN(C(=O)C(Cc2ccccc2)NC(=O)OC(C)(C)C)CC1. The number of alkyl carbamates (subject to hydrolysis) is 1. The lowest BCUT2D eigenvalue weighted by Gasteiger charge is -2.36. The number of amides is 3. The van der Waals surface area contributed by atoms with E-state index >= 15 is 0 Å². The zero-order chi connectivity index (χ0) is 20.0. The average Bonchev–Trinajstić information content (AvgIpc) is 2.60. The van der Waals surface area contributed by atoms with Crippen molar-refractivity contribution in [3.8, 4) is 0 Å². The van der Waals surface area contributed by atoms with Crippen LogP contribution in [-0.2, 0) is 20.7 Å². The molecule has 0 spiro atoms. The molecule has 1 unspecified atom stereocenters. The van der Waals surface area contributed by atoms with Gasteiger partial charge in [-0.15, -0.1) is 0 Å². The normalized spacial score (nSPS) is 15.9. The maximum Gasteiger partial charge on any atom is 0.408 e. The van der Waals surface area contributed by atoms with Gasteiger partial charge in [0, 0.05) is 39.5 Å². The molecule has 7 heteroatoms. The van der Waals surface area contributed by atoms with Crippen molar-refractivity contribution in [2.45, 2.75) is 45.8 Å². The number of carbonyl (C=O) groups excluding carboxylic acids is 3. The van der Waals surface area contributed by atoms with Crippen LogP contribution in [-0.4, -0.2) is 65.5 Å². The number of rotatable bonds is 4. The monoisotopic (exact) mass is 375 g/mol. The third kappa shape index (κ3) is 6.58. The summed E-state index contributed by atoms with van der Waals surface area (Å²) in [5.41, 5.74) is 0.312. The van der Waals surface area contributed by atoms with Crippen LogP contribution in [0.25, 0.3) is 0 Å². The fraction of sp³-hybridized carbons (Fsp3) is 0.550. The summed E-state index contributed by atoms with van der Waals surface area (Å²) in [6, 6.07) is 8.83. The largest absolute Gasteiger partial charge is 0.444 e. The molecule has 27 heavy (non-hydrogen) atoms. The van der Waals surface area contributed by atoms with E-state index in [4.69, 9.17) is 4.74 Å². The molecule has 0 bridgehead atoms. The number of hydrogen-bond acceptors (Lipinski definition) is 4. The quantitative estimate of drug-likeness (QED) is 0.871. The molecule has 0 radical (unpaired) electrons. The van der Waals surface area contributed by atoms with E-state index in [1.54, 1.807) is 30.6 Å². The van der Waals surface area contributed by atoms with E-state index in [1.807, 2.05) is 30.3 Å². The van der Waals surface area contributed by atoms with Gasteiger partial charge in [-0.1, -0.05) is 30.3 Å². The minimum absolute atomic E-state index is 0.00909. The van der Waals surface area contributed by atoms with E-state index in [2.05, 4.69) is 5.32 Å². The topological polar surface area (TPSA) is 79.0 Å². The van der Waals surface area contributed by atoms with E-state index in [0.29, 0.717) is 32.6 Å². The molecule has 1 heterocycles. The van der Waals surface area contributed by atoms with Gasteiger partial charge in [0.1, 0.15) is 11.6 Å². The van der Waals surface area contributed by atoms with Crippen molar-refractivity contribution >= 4 is 17.9 Å². The smallest absolute Gasteiger partial charge is 0.408 e. The van der Waals surface area contributed by atoms with Crippen LogP contribution in [0.15, 0.2) is 30.3 Å². The fourth-order valence-electron chi connectivity index (χ4n) is 2.96. The van der Waals surface area contributed by atoms with Crippen LogP contribution in [0.4, 0.5) is 4.79 Å². The molecule has 1 N–H and O–H groups in total. The van der Waals surface area contributed by atoms with Crippen molar-refractivity contribution in [2.75, 3.05) is 26.2 Å². The minimum atomic E-state index is -0.717. The zero-order valence-corrected chi connectivity index (χ0v) is 16.5. The Labute approximate surface area is 160 Å². The Morgan fingerprint density at radius 1 is 1.04 bits per heavy atom. The number of piperazine rings is 1. The van der Waals surface area contributed by atoms with Gasteiger partial charge in [0.2, 0.25) is 11.8 Å². The second-order valence-electron chi connectivity index (χ2n) is 7.72. The molecule has 3 amide bonds. The van der Waals surface area contributed by atoms with Gasteiger partial charge in [0.15, 0.2) is 0 Å². The first kappa shape index (κ1) is 20.7. The van der Waals surface area contributed by atoms with Gasteiger partial charge in [-0.3, -0.25) is 9.59 Å². The fourth-order valence-corrected chi connectivity index (χ4v) is 2.96. The molecule has 1 saturated heterocycles.